The van der Waals surface area contributed by atoms with Crippen molar-refractivity contribution in [3.63, 3.8) is 0 Å². The Balaban J connectivity index is 2.69. The van der Waals surface area contributed by atoms with Crippen molar-refractivity contribution in [3.05, 3.63) is 33.9 Å². The Hall–Kier alpha value is -1.82. The van der Waals surface area contributed by atoms with Crippen molar-refractivity contribution < 1.29 is 4.92 Å². The molecule has 0 spiro atoms. The van der Waals surface area contributed by atoms with Gasteiger partial charge in [-0.15, -0.1) is 0 Å². The van der Waals surface area contributed by atoms with Crippen LogP contribution in [-0.4, -0.2) is 19.9 Å². The summed E-state index contributed by atoms with van der Waals surface area (Å²) in [6, 6.07) is 1.30. The summed E-state index contributed by atoms with van der Waals surface area (Å²) in [5, 5.41) is 10.5. The van der Waals surface area contributed by atoms with E-state index in [-0.39, 0.29) is 11.0 Å². The molecule has 0 saturated heterocycles. The van der Waals surface area contributed by atoms with Gasteiger partial charge in [-0.25, -0.2) is 15.0 Å². The van der Waals surface area contributed by atoms with E-state index in [9.17, 15) is 10.1 Å². The lowest BCUT2D eigenvalue weighted by Gasteiger charge is -1.95. The van der Waals surface area contributed by atoms with Crippen LogP contribution >= 0.6 is 11.6 Å². The molecule has 2 aromatic heterocycles. The molecule has 0 fully saturated rings. The molecule has 0 aliphatic carbocycles. The topological polar surface area (TPSA) is 81.8 Å². The van der Waals surface area contributed by atoms with E-state index in [0.29, 0.717) is 11.0 Å². The van der Waals surface area contributed by atoms with E-state index >= 15 is 0 Å². The van der Waals surface area contributed by atoms with Crippen molar-refractivity contribution >= 4 is 28.3 Å². The first-order valence-corrected chi connectivity index (χ1v) is 3.97. The molecule has 0 bridgehead atoms. The standard InChI is InChI=1S/C7H3ClN4O2/c8-7-10-3-6-5(11-7)1-4(2-9-6)12(13)14/h1-3H. The molecule has 0 unspecified atom stereocenters. The number of fused-ring (bicyclic) bond motifs is 1. The van der Waals surface area contributed by atoms with E-state index in [0.717, 1.165) is 6.20 Å². The minimum atomic E-state index is -0.539. The molecule has 0 radical (unpaired) electrons. The van der Waals surface area contributed by atoms with Gasteiger partial charge in [0.15, 0.2) is 0 Å². The Morgan fingerprint density at radius 3 is 2.79 bits per heavy atom. The van der Waals surface area contributed by atoms with Crippen molar-refractivity contribution in [3.8, 4) is 0 Å². The minimum absolute atomic E-state index is 0.0415. The van der Waals surface area contributed by atoms with Crippen LogP contribution in [0.3, 0.4) is 0 Å². The summed E-state index contributed by atoms with van der Waals surface area (Å²) in [5.74, 6) is 0. The Bertz CT molecular complexity index is 516. The molecule has 70 valence electrons. The molecule has 2 heterocycles. The quantitative estimate of drug-likeness (QED) is 0.406. The van der Waals surface area contributed by atoms with Gasteiger partial charge >= 0.3 is 0 Å². The number of nitrogens with zero attached hydrogens (tertiary/aromatic N) is 4. The zero-order valence-electron chi connectivity index (χ0n) is 6.72. The van der Waals surface area contributed by atoms with E-state index < -0.39 is 4.92 Å². The smallest absolute Gasteiger partial charge is 0.258 e. The van der Waals surface area contributed by atoms with Crippen molar-refractivity contribution in [1.29, 1.82) is 0 Å². The van der Waals surface area contributed by atoms with Gasteiger partial charge in [0.05, 0.1) is 11.1 Å². The number of pyridine rings is 1. The lowest BCUT2D eigenvalue weighted by atomic mass is 10.3. The summed E-state index contributed by atoms with van der Waals surface area (Å²) in [5.41, 5.74) is 0.714. The fourth-order valence-electron chi connectivity index (χ4n) is 0.985. The van der Waals surface area contributed by atoms with Crippen molar-refractivity contribution in [2.24, 2.45) is 0 Å². The van der Waals surface area contributed by atoms with Crippen LogP contribution in [0.25, 0.3) is 11.0 Å². The zero-order chi connectivity index (χ0) is 10.1. The summed E-state index contributed by atoms with van der Waals surface area (Å²) >= 11 is 5.53. The van der Waals surface area contributed by atoms with Crippen LogP contribution in [-0.2, 0) is 0 Å². The predicted octanol–water partition coefficient (Wildman–Crippen LogP) is 1.59. The van der Waals surface area contributed by atoms with Gasteiger partial charge in [0.2, 0.25) is 5.28 Å². The Morgan fingerprint density at radius 2 is 2.07 bits per heavy atom. The summed E-state index contributed by atoms with van der Waals surface area (Å²) in [7, 11) is 0. The third-order valence-electron chi connectivity index (χ3n) is 1.60. The number of hydrogen-bond acceptors (Lipinski definition) is 5. The second-order valence-corrected chi connectivity index (χ2v) is 2.83. The van der Waals surface area contributed by atoms with Crippen LogP contribution in [0.1, 0.15) is 0 Å². The molecule has 6 nitrogen and oxygen atoms in total. The second kappa shape index (κ2) is 3.15. The normalized spacial score (nSPS) is 10.4. The van der Waals surface area contributed by atoms with Crippen LogP contribution in [0, 0.1) is 10.1 Å². The summed E-state index contributed by atoms with van der Waals surface area (Å²) in [4.78, 5) is 21.2. The molecule has 0 aliphatic rings. The molecular formula is C7H3ClN4O2. The highest BCUT2D eigenvalue weighted by Gasteiger charge is 2.08. The van der Waals surface area contributed by atoms with Gasteiger partial charge in [0, 0.05) is 6.07 Å². The van der Waals surface area contributed by atoms with Gasteiger partial charge in [-0.3, -0.25) is 10.1 Å². The van der Waals surface area contributed by atoms with Crippen LogP contribution in [0.15, 0.2) is 18.5 Å². The summed E-state index contributed by atoms with van der Waals surface area (Å²) < 4.78 is 0. The molecule has 0 N–H and O–H groups in total. The van der Waals surface area contributed by atoms with E-state index in [2.05, 4.69) is 15.0 Å². The molecule has 0 amide bonds. The van der Waals surface area contributed by atoms with E-state index in [4.69, 9.17) is 11.6 Å². The van der Waals surface area contributed by atoms with E-state index in [1.165, 1.54) is 12.3 Å². The number of nitro groups is 1. The maximum atomic E-state index is 10.4. The van der Waals surface area contributed by atoms with Crippen LogP contribution in [0.5, 0.6) is 0 Å². The number of halogens is 1. The summed E-state index contributed by atoms with van der Waals surface area (Å²) in [6.45, 7) is 0. The molecule has 2 rings (SSSR count). The van der Waals surface area contributed by atoms with Gasteiger partial charge in [0.1, 0.15) is 17.2 Å². The highest BCUT2D eigenvalue weighted by molar-refractivity contribution is 6.28. The highest BCUT2D eigenvalue weighted by Crippen LogP contribution is 2.16. The fraction of sp³-hybridized carbons (Fsp3) is 0. The molecule has 14 heavy (non-hydrogen) atoms. The molecule has 7 heteroatoms. The largest absolute Gasteiger partial charge is 0.289 e. The fourth-order valence-corrected chi connectivity index (χ4v) is 1.12. The van der Waals surface area contributed by atoms with Gasteiger partial charge in [-0.1, -0.05) is 0 Å². The van der Waals surface area contributed by atoms with Crippen LogP contribution in [0.2, 0.25) is 5.28 Å². The highest BCUT2D eigenvalue weighted by atomic mass is 35.5. The number of rotatable bonds is 1. The Labute approximate surface area is 82.7 Å². The third-order valence-corrected chi connectivity index (χ3v) is 1.78. The molecule has 0 aromatic carbocycles. The molecule has 2 aromatic rings. The average molecular weight is 211 g/mol. The first-order valence-electron chi connectivity index (χ1n) is 3.59. The first-order chi connectivity index (χ1) is 6.66. The molecule has 0 aliphatic heterocycles. The molecule has 0 saturated carbocycles. The SMILES string of the molecule is O=[N+]([O-])c1cnc2cnc(Cl)nc2c1. The third kappa shape index (κ3) is 1.47. The van der Waals surface area contributed by atoms with E-state index in [1.54, 1.807) is 0 Å². The minimum Gasteiger partial charge on any atom is -0.258 e. The number of hydrogen-bond donors (Lipinski definition) is 0. The first kappa shape index (κ1) is 8.76. The maximum Gasteiger partial charge on any atom is 0.289 e. The Morgan fingerprint density at radius 1 is 1.29 bits per heavy atom. The lowest BCUT2D eigenvalue weighted by molar-refractivity contribution is -0.385. The number of aromatic nitrogens is 3. The molecule has 0 atom stereocenters. The van der Waals surface area contributed by atoms with Crippen molar-refractivity contribution in [2.75, 3.05) is 0 Å². The van der Waals surface area contributed by atoms with Gasteiger partial charge in [-0.05, 0) is 11.6 Å². The average Bonchev–Trinajstić information content (AvgIpc) is 2.16. The second-order valence-electron chi connectivity index (χ2n) is 2.49. The van der Waals surface area contributed by atoms with Gasteiger partial charge < -0.3 is 0 Å². The van der Waals surface area contributed by atoms with Crippen molar-refractivity contribution in [2.45, 2.75) is 0 Å². The Kier molecular flexibility index (Phi) is 1.97. The zero-order valence-corrected chi connectivity index (χ0v) is 7.47. The van der Waals surface area contributed by atoms with Crippen LogP contribution < -0.4 is 0 Å². The van der Waals surface area contributed by atoms with Crippen LogP contribution in [0.4, 0.5) is 5.69 Å². The van der Waals surface area contributed by atoms with E-state index in [1.807, 2.05) is 0 Å². The van der Waals surface area contributed by atoms with Crippen molar-refractivity contribution in [1.82, 2.24) is 15.0 Å². The maximum absolute atomic E-state index is 10.4. The van der Waals surface area contributed by atoms with Gasteiger partial charge in [0.25, 0.3) is 5.69 Å². The monoisotopic (exact) mass is 210 g/mol. The van der Waals surface area contributed by atoms with Gasteiger partial charge in [-0.2, -0.15) is 0 Å². The lowest BCUT2D eigenvalue weighted by Crippen LogP contribution is -1.92. The summed E-state index contributed by atoms with van der Waals surface area (Å²) in [6.07, 6.45) is 2.56. The molecular weight excluding hydrogens is 208 g/mol. The predicted molar refractivity (Wildman–Crippen MR) is 49.0 cm³/mol.